The van der Waals surface area contributed by atoms with Crippen molar-refractivity contribution in [2.75, 3.05) is 5.32 Å². The van der Waals surface area contributed by atoms with E-state index in [4.69, 9.17) is 5.11 Å². The Morgan fingerprint density at radius 3 is 2.95 bits per heavy atom. The summed E-state index contributed by atoms with van der Waals surface area (Å²) in [5.74, 6) is -0.596. The van der Waals surface area contributed by atoms with Gasteiger partial charge in [0.25, 0.3) is 0 Å². The number of nitrogens with zero attached hydrogens (tertiary/aromatic N) is 2. The van der Waals surface area contributed by atoms with Crippen molar-refractivity contribution >= 4 is 33.3 Å². The monoisotopic (exact) mass is 293 g/mol. The molecule has 2 aromatic heterocycles. The second kappa shape index (κ2) is 4.99. The fourth-order valence-corrected chi connectivity index (χ4v) is 3.80. The molecule has 0 saturated carbocycles. The Labute approximate surface area is 119 Å². The van der Waals surface area contributed by atoms with Gasteiger partial charge >= 0.3 is 5.97 Å². The molecular weight excluding hydrogens is 278 g/mol. The lowest BCUT2D eigenvalue weighted by Crippen LogP contribution is -2.39. The first-order valence-corrected chi connectivity index (χ1v) is 7.32. The molecule has 0 bridgehead atoms. The number of thiophene rings is 1. The van der Waals surface area contributed by atoms with Gasteiger partial charge in [0.15, 0.2) is 6.04 Å². The van der Waals surface area contributed by atoms with Crippen LogP contribution in [0.2, 0.25) is 0 Å². The number of aliphatic hydroxyl groups is 1. The fourth-order valence-electron chi connectivity index (χ4n) is 2.57. The summed E-state index contributed by atoms with van der Waals surface area (Å²) in [4.78, 5) is 21.8. The maximum Gasteiger partial charge on any atom is 0.328 e. The molecule has 106 valence electrons. The van der Waals surface area contributed by atoms with Crippen molar-refractivity contribution < 1.29 is 15.0 Å². The Morgan fingerprint density at radius 2 is 2.25 bits per heavy atom. The number of nitrogens with one attached hydrogen (secondary N) is 1. The molecular formula is C13H15N3O3S. The fraction of sp³-hybridized carbons (Fsp3) is 0.462. The van der Waals surface area contributed by atoms with Gasteiger partial charge in [-0.3, -0.25) is 0 Å². The van der Waals surface area contributed by atoms with Gasteiger partial charge in [-0.05, 0) is 31.7 Å². The van der Waals surface area contributed by atoms with Crippen molar-refractivity contribution in [2.24, 2.45) is 0 Å². The third-order valence-electron chi connectivity index (χ3n) is 3.54. The van der Waals surface area contributed by atoms with E-state index in [1.54, 1.807) is 11.3 Å². The molecule has 0 radical (unpaired) electrons. The highest BCUT2D eigenvalue weighted by molar-refractivity contribution is 7.19. The van der Waals surface area contributed by atoms with Gasteiger partial charge in [-0.1, -0.05) is 0 Å². The largest absolute Gasteiger partial charge is 0.480 e. The molecule has 2 atom stereocenters. The number of aliphatic hydroxyl groups excluding tert-OH is 1. The highest BCUT2D eigenvalue weighted by Gasteiger charge is 2.26. The molecule has 0 unspecified atom stereocenters. The molecule has 0 aliphatic heterocycles. The van der Waals surface area contributed by atoms with Gasteiger partial charge in [0.2, 0.25) is 0 Å². The predicted molar refractivity (Wildman–Crippen MR) is 76.2 cm³/mol. The van der Waals surface area contributed by atoms with Gasteiger partial charge in [-0.25, -0.2) is 14.8 Å². The van der Waals surface area contributed by atoms with Crippen LogP contribution >= 0.6 is 11.3 Å². The number of carbonyl (C=O) groups is 1. The van der Waals surface area contributed by atoms with Crippen molar-refractivity contribution in [1.29, 1.82) is 0 Å². The highest BCUT2D eigenvalue weighted by Crippen LogP contribution is 2.39. The van der Waals surface area contributed by atoms with Crippen molar-refractivity contribution in [3.8, 4) is 0 Å². The average molecular weight is 293 g/mol. The van der Waals surface area contributed by atoms with Crippen LogP contribution in [0.15, 0.2) is 6.33 Å². The lowest BCUT2D eigenvalue weighted by molar-refractivity contribution is -0.140. The lowest BCUT2D eigenvalue weighted by atomic mass is 10.1. The van der Waals surface area contributed by atoms with Crippen molar-refractivity contribution in [1.82, 2.24) is 9.97 Å². The maximum atomic E-state index is 11.2. The Hall–Kier alpha value is -1.73. The molecule has 2 heterocycles. The van der Waals surface area contributed by atoms with Crippen LogP contribution in [0.5, 0.6) is 0 Å². The quantitative estimate of drug-likeness (QED) is 0.789. The van der Waals surface area contributed by atoms with Gasteiger partial charge in [0.05, 0.1) is 11.5 Å². The van der Waals surface area contributed by atoms with Gasteiger partial charge in [-0.15, -0.1) is 11.3 Å². The van der Waals surface area contributed by atoms with Gasteiger partial charge in [0, 0.05) is 4.88 Å². The van der Waals surface area contributed by atoms with E-state index in [-0.39, 0.29) is 0 Å². The molecule has 0 spiro atoms. The number of carboxylic acids is 1. The van der Waals surface area contributed by atoms with E-state index in [0.29, 0.717) is 5.82 Å². The van der Waals surface area contributed by atoms with Crippen LogP contribution in [0.4, 0.5) is 5.82 Å². The van der Waals surface area contributed by atoms with E-state index in [9.17, 15) is 9.90 Å². The second-order valence-corrected chi connectivity index (χ2v) is 6.04. The number of aryl methyl sites for hydroxylation is 2. The van der Waals surface area contributed by atoms with Crippen LogP contribution in [-0.2, 0) is 17.6 Å². The molecule has 2 aromatic rings. The van der Waals surface area contributed by atoms with Crippen LogP contribution in [0, 0.1) is 0 Å². The summed E-state index contributed by atoms with van der Waals surface area (Å²) in [6, 6.07) is -1.08. The average Bonchev–Trinajstić information content (AvgIpc) is 2.94. The molecule has 3 N–H and O–H groups in total. The number of rotatable bonds is 4. The first kappa shape index (κ1) is 13.3. The number of hydrogen-bond acceptors (Lipinski definition) is 6. The van der Waals surface area contributed by atoms with Crippen LogP contribution in [0.1, 0.15) is 23.8 Å². The summed E-state index contributed by atoms with van der Waals surface area (Å²) in [6.07, 6.45) is 3.56. The first-order chi connectivity index (χ1) is 9.58. The lowest BCUT2D eigenvalue weighted by Gasteiger charge is -2.18. The second-order valence-electron chi connectivity index (χ2n) is 4.96. The van der Waals surface area contributed by atoms with Crippen molar-refractivity contribution in [2.45, 2.75) is 38.3 Å². The van der Waals surface area contributed by atoms with Gasteiger partial charge in [-0.2, -0.15) is 0 Å². The summed E-state index contributed by atoms with van der Waals surface area (Å²) < 4.78 is 0. The van der Waals surface area contributed by atoms with Crippen molar-refractivity contribution in [3.63, 3.8) is 0 Å². The summed E-state index contributed by atoms with van der Waals surface area (Å²) in [6.45, 7) is 1.45. The zero-order valence-electron chi connectivity index (χ0n) is 11.0. The van der Waals surface area contributed by atoms with Crippen molar-refractivity contribution in [3.05, 3.63) is 16.8 Å². The SMILES string of the molecule is C[C@H](O)[C@H](Nc1ncnc2sc3c(c12)CCC3)C(=O)O. The molecule has 20 heavy (non-hydrogen) atoms. The molecule has 0 amide bonds. The molecule has 7 heteroatoms. The standard InChI is InChI=1S/C13H15N3O3S/c1-6(17)10(13(18)19)16-11-9-7-3-2-4-8(7)20-12(9)15-5-14-11/h5-6,10,17H,2-4H2,1H3,(H,18,19)(H,14,15,16)/t6-,10-/m0/s1. The van der Waals surface area contributed by atoms with Crippen LogP contribution in [0.25, 0.3) is 10.2 Å². The number of carboxylic acid groups (broad SMARTS) is 1. The van der Waals surface area contributed by atoms with Crippen LogP contribution in [0.3, 0.4) is 0 Å². The molecule has 0 fully saturated rings. The summed E-state index contributed by atoms with van der Waals surface area (Å²) in [7, 11) is 0. The Kier molecular flexibility index (Phi) is 3.31. The first-order valence-electron chi connectivity index (χ1n) is 6.50. The Bertz CT molecular complexity index is 668. The number of fused-ring (bicyclic) bond motifs is 3. The third-order valence-corrected chi connectivity index (χ3v) is 4.74. The number of hydrogen-bond donors (Lipinski definition) is 3. The van der Waals surface area contributed by atoms with E-state index in [1.807, 2.05) is 0 Å². The number of aliphatic carboxylic acids is 1. The topological polar surface area (TPSA) is 95.3 Å². The van der Waals surface area contributed by atoms with Crippen LogP contribution < -0.4 is 5.32 Å². The van der Waals surface area contributed by atoms with Gasteiger partial charge < -0.3 is 15.5 Å². The van der Waals surface area contributed by atoms with E-state index < -0.39 is 18.1 Å². The number of aromatic nitrogens is 2. The zero-order chi connectivity index (χ0) is 14.3. The molecule has 3 rings (SSSR count). The minimum atomic E-state index is -1.10. The molecule has 1 aliphatic rings. The number of anilines is 1. The Morgan fingerprint density at radius 1 is 1.45 bits per heavy atom. The van der Waals surface area contributed by atoms with E-state index in [1.165, 1.54) is 23.7 Å². The third kappa shape index (κ3) is 2.12. The van der Waals surface area contributed by atoms with E-state index in [2.05, 4.69) is 15.3 Å². The zero-order valence-corrected chi connectivity index (χ0v) is 11.8. The van der Waals surface area contributed by atoms with E-state index in [0.717, 1.165) is 29.5 Å². The maximum absolute atomic E-state index is 11.2. The highest BCUT2D eigenvalue weighted by atomic mass is 32.1. The normalized spacial score (nSPS) is 16.9. The molecule has 6 nitrogen and oxygen atoms in total. The predicted octanol–water partition coefficient (Wildman–Crippen LogP) is 1.43. The van der Waals surface area contributed by atoms with Crippen LogP contribution in [-0.4, -0.2) is 38.3 Å². The summed E-state index contributed by atoms with van der Waals surface area (Å²) in [5.41, 5.74) is 1.22. The molecule has 0 saturated heterocycles. The van der Waals surface area contributed by atoms with E-state index >= 15 is 0 Å². The Balaban J connectivity index is 2.05. The minimum absolute atomic E-state index is 0.503. The van der Waals surface area contributed by atoms with Gasteiger partial charge in [0.1, 0.15) is 17.0 Å². The smallest absolute Gasteiger partial charge is 0.328 e. The minimum Gasteiger partial charge on any atom is -0.480 e. The summed E-state index contributed by atoms with van der Waals surface area (Å²) >= 11 is 1.64. The molecule has 1 aliphatic carbocycles. The summed E-state index contributed by atoms with van der Waals surface area (Å²) in [5, 5.41) is 22.5. The molecule has 0 aromatic carbocycles.